The molecule has 0 spiro atoms. The molecule has 0 bridgehead atoms. The summed E-state index contributed by atoms with van der Waals surface area (Å²) in [6, 6.07) is 0. The maximum Gasteiger partial charge on any atom is 0.475 e. The Morgan fingerprint density at radius 1 is 1.61 bits per heavy atom. The molecule has 5 atom stereocenters. The van der Waals surface area contributed by atoms with Crippen LogP contribution in [0.1, 0.15) is 19.8 Å². The number of carbonyl (C=O) groups excluding carboxylic acids is 1. The van der Waals surface area contributed by atoms with Crippen LogP contribution in [0, 0.1) is 0 Å². The standard InChI is InChI=1S/C16H24N3O7PS/c1-3-23-13(20)5-4-8-24-27(22)25-9-11-15(26-27)14(21)16(28-11)19-7-6-12(17)18-10(19)2/h6-7,11,14-16,21H,2-5,8-9H2,1H3,(H2,17,18)/t11-,14+,15-,16-,27?/m1/s1. The third-order valence-corrected chi connectivity index (χ3v) is 7.28. The number of phosphoric acid groups is 1. The number of hydrogen-bond acceptors (Lipinski definition) is 11. The molecule has 3 N–H and O–H groups in total. The van der Waals surface area contributed by atoms with Crippen molar-refractivity contribution in [3.8, 4) is 0 Å². The van der Waals surface area contributed by atoms with Crippen molar-refractivity contribution in [2.75, 3.05) is 19.8 Å². The number of nitrogens with two attached hydrogens (primary N) is 1. The average Bonchev–Trinajstić information content (AvgIpc) is 2.95. The van der Waals surface area contributed by atoms with Crippen molar-refractivity contribution in [3.05, 3.63) is 24.7 Å². The van der Waals surface area contributed by atoms with Crippen molar-refractivity contribution in [1.82, 2.24) is 4.90 Å². The predicted octanol–water partition coefficient (Wildman–Crippen LogP) is 1.33. The summed E-state index contributed by atoms with van der Waals surface area (Å²) in [4.78, 5) is 17.1. The minimum atomic E-state index is -3.82. The van der Waals surface area contributed by atoms with E-state index in [1.54, 1.807) is 24.1 Å². The smallest absolute Gasteiger partial charge is 0.466 e. The van der Waals surface area contributed by atoms with Gasteiger partial charge in [-0.25, -0.2) is 9.56 Å². The number of amidine groups is 1. The van der Waals surface area contributed by atoms with Crippen LogP contribution in [0.4, 0.5) is 0 Å². The first-order valence-electron chi connectivity index (χ1n) is 8.89. The highest BCUT2D eigenvalue weighted by Crippen LogP contribution is 2.58. The van der Waals surface area contributed by atoms with E-state index in [-0.39, 0.29) is 30.9 Å². The minimum absolute atomic E-state index is 0.0137. The monoisotopic (exact) mass is 433 g/mol. The largest absolute Gasteiger partial charge is 0.475 e. The Balaban J connectivity index is 1.54. The lowest BCUT2D eigenvalue weighted by molar-refractivity contribution is -0.143. The molecule has 3 heterocycles. The van der Waals surface area contributed by atoms with Crippen molar-refractivity contribution in [3.63, 3.8) is 0 Å². The highest BCUT2D eigenvalue weighted by atomic mass is 32.2. The third-order valence-electron chi connectivity index (χ3n) is 4.27. The number of hydrogen-bond donors (Lipinski definition) is 2. The molecule has 2 fully saturated rings. The van der Waals surface area contributed by atoms with Gasteiger partial charge in [0, 0.05) is 12.6 Å². The minimum Gasteiger partial charge on any atom is -0.466 e. The summed E-state index contributed by atoms with van der Waals surface area (Å²) in [7, 11) is -3.82. The molecule has 0 aromatic rings. The maximum atomic E-state index is 12.7. The van der Waals surface area contributed by atoms with Gasteiger partial charge in [-0.05, 0) is 19.4 Å². The molecule has 0 aliphatic carbocycles. The van der Waals surface area contributed by atoms with E-state index < -0.39 is 25.4 Å². The first-order chi connectivity index (χ1) is 13.3. The van der Waals surface area contributed by atoms with Crippen LogP contribution in [0.25, 0.3) is 0 Å². The van der Waals surface area contributed by atoms with Crippen LogP contribution < -0.4 is 5.73 Å². The zero-order valence-electron chi connectivity index (χ0n) is 15.4. The normalized spacial score (nSPS) is 34.9. The van der Waals surface area contributed by atoms with Crippen molar-refractivity contribution >= 4 is 31.4 Å². The van der Waals surface area contributed by atoms with E-state index in [0.29, 0.717) is 24.7 Å². The van der Waals surface area contributed by atoms with E-state index in [4.69, 9.17) is 24.0 Å². The molecular formula is C16H24N3O7PS. The number of aliphatic hydroxyl groups is 1. The number of ether oxygens (including phenoxy) is 1. The molecule has 156 valence electrons. The fourth-order valence-corrected chi connectivity index (χ4v) is 6.13. The van der Waals surface area contributed by atoms with E-state index >= 15 is 0 Å². The van der Waals surface area contributed by atoms with Gasteiger partial charge in [0.2, 0.25) is 0 Å². The molecule has 0 saturated carbocycles. The lowest BCUT2D eigenvalue weighted by Gasteiger charge is -2.32. The summed E-state index contributed by atoms with van der Waals surface area (Å²) in [5, 5.41) is 10.1. The molecule has 0 radical (unpaired) electrons. The number of phosphoric ester groups is 1. The first-order valence-corrected chi connectivity index (χ1v) is 11.3. The predicted molar refractivity (Wildman–Crippen MR) is 103 cm³/mol. The maximum absolute atomic E-state index is 12.7. The van der Waals surface area contributed by atoms with Gasteiger partial charge in [-0.2, -0.15) is 0 Å². The Labute approximate surface area is 167 Å². The quantitative estimate of drug-likeness (QED) is 0.344. The summed E-state index contributed by atoms with van der Waals surface area (Å²) in [5.74, 6) is 0.379. The van der Waals surface area contributed by atoms with Crippen LogP contribution in [-0.2, 0) is 27.7 Å². The Hall–Kier alpha value is -1.36. The Kier molecular flexibility index (Phi) is 6.85. The summed E-state index contributed by atoms with van der Waals surface area (Å²) in [6.07, 6.45) is 2.07. The van der Waals surface area contributed by atoms with Crippen LogP contribution >= 0.6 is 19.6 Å². The van der Waals surface area contributed by atoms with Gasteiger partial charge in [0.15, 0.2) is 0 Å². The van der Waals surface area contributed by atoms with Gasteiger partial charge in [-0.1, -0.05) is 6.58 Å². The van der Waals surface area contributed by atoms with Crippen molar-refractivity contribution in [2.45, 2.75) is 42.6 Å². The number of fused-ring (bicyclic) bond motifs is 1. The van der Waals surface area contributed by atoms with Gasteiger partial charge in [-0.3, -0.25) is 18.4 Å². The molecule has 3 aliphatic heterocycles. The molecule has 3 rings (SSSR count). The molecule has 0 amide bonds. The molecule has 1 unspecified atom stereocenters. The highest BCUT2D eigenvalue weighted by molar-refractivity contribution is 8.00. The summed E-state index contributed by atoms with van der Waals surface area (Å²) in [5.41, 5.74) is 5.65. The number of carbonyl (C=O) groups is 1. The summed E-state index contributed by atoms with van der Waals surface area (Å²) >= 11 is 1.42. The Bertz CT molecular complexity index is 731. The summed E-state index contributed by atoms with van der Waals surface area (Å²) in [6.45, 7) is 5.99. The topological polar surface area (TPSA) is 133 Å². The second-order valence-corrected chi connectivity index (χ2v) is 9.27. The molecule has 2 saturated heterocycles. The first kappa shape index (κ1) is 21.4. The molecule has 0 aromatic carbocycles. The van der Waals surface area contributed by atoms with E-state index in [1.807, 2.05) is 0 Å². The van der Waals surface area contributed by atoms with E-state index in [2.05, 4.69) is 11.6 Å². The Morgan fingerprint density at radius 3 is 3.11 bits per heavy atom. The molecule has 12 heteroatoms. The number of nitrogens with zero attached hydrogens (tertiary/aromatic N) is 2. The second-order valence-electron chi connectivity index (χ2n) is 6.29. The number of aliphatic hydroxyl groups excluding tert-OH is 1. The van der Waals surface area contributed by atoms with Gasteiger partial charge >= 0.3 is 13.8 Å². The van der Waals surface area contributed by atoms with Crippen LogP contribution in [0.3, 0.4) is 0 Å². The lowest BCUT2D eigenvalue weighted by Crippen LogP contribution is -2.43. The van der Waals surface area contributed by atoms with Gasteiger partial charge in [0.1, 0.15) is 29.2 Å². The van der Waals surface area contributed by atoms with Crippen LogP contribution in [0.2, 0.25) is 0 Å². The van der Waals surface area contributed by atoms with Gasteiger partial charge in [-0.15, -0.1) is 11.8 Å². The SMILES string of the molecule is C=C1N=C(N)C=CN1[C@@H]1S[C@@H]2COP(=O)(OCCCC(=O)OCC)O[C@H]2[C@@H]1O. The highest BCUT2D eigenvalue weighted by Gasteiger charge is 2.53. The van der Waals surface area contributed by atoms with Gasteiger partial charge < -0.3 is 20.5 Å². The number of thioether (sulfide) groups is 1. The zero-order valence-corrected chi connectivity index (χ0v) is 17.1. The number of rotatable bonds is 7. The molecule has 3 aliphatic rings. The molecule has 10 nitrogen and oxygen atoms in total. The third kappa shape index (κ3) is 4.79. The van der Waals surface area contributed by atoms with Crippen LogP contribution in [0.5, 0.6) is 0 Å². The lowest BCUT2D eigenvalue weighted by atomic mass is 10.1. The Morgan fingerprint density at radius 2 is 2.39 bits per heavy atom. The molecule has 0 aromatic heterocycles. The number of esters is 1. The fourth-order valence-electron chi connectivity index (χ4n) is 2.97. The molecular weight excluding hydrogens is 409 g/mol. The van der Waals surface area contributed by atoms with E-state index in [9.17, 15) is 14.5 Å². The van der Waals surface area contributed by atoms with Crippen LogP contribution in [-0.4, -0.2) is 64.5 Å². The van der Waals surface area contributed by atoms with Crippen molar-refractivity contribution in [1.29, 1.82) is 0 Å². The van der Waals surface area contributed by atoms with E-state index in [0.717, 1.165) is 0 Å². The molecule has 28 heavy (non-hydrogen) atoms. The van der Waals surface area contributed by atoms with Crippen molar-refractivity contribution in [2.24, 2.45) is 10.7 Å². The average molecular weight is 433 g/mol. The van der Waals surface area contributed by atoms with Gasteiger partial charge in [0.25, 0.3) is 0 Å². The summed E-state index contributed by atoms with van der Waals surface area (Å²) < 4.78 is 33.6. The van der Waals surface area contributed by atoms with Crippen LogP contribution in [0.15, 0.2) is 29.7 Å². The zero-order chi connectivity index (χ0) is 20.3. The van der Waals surface area contributed by atoms with Crippen molar-refractivity contribution < 1.29 is 32.8 Å². The fraction of sp³-hybridized carbons (Fsp3) is 0.625. The van der Waals surface area contributed by atoms with E-state index in [1.165, 1.54) is 11.8 Å². The second kappa shape index (κ2) is 8.98. The number of aliphatic imine (C=N–C) groups is 1. The van der Waals surface area contributed by atoms with Gasteiger partial charge in [0.05, 0.1) is 25.1 Å².